The van der Waals surface area contributed by atoms with Gasteiger partial charge in [0.2, 0.25) is 0 Å². The fourth-order valence-corrected chi connectivity index (χ4v) is 3.83. The summed E-state index contributed by atoms with van der Waals surface area (Å²) in [6.07, 6.45) is 8.10. The number of nitrogens with two attached hydrogens (primary N) is 1. The van der Waals surface area contributed by atoms with E-state index >= 15 is 0 Å². The minimum Gasteiger partial charge on any atom is -0.490 e. The van der Waals surface area contributed by atoms with Crippen molar-refractivity contribution in [2.75, 3.05) is 6.54 Å². The summed E-state index contributed by atoms with van der Waals surface area (Å²) in [6.45, 7) is 2.97. The van der Waals surface area contributed by atoms with E-state index in [1.54, 1.807) is 0 Å². The molecule has 1 aliphatic heterocycles. The minimum atomic E-state index is 0.353. The second-order valence-electron chi connectivity index (χ2n) is 6.33. The summed E-state index contributed by atoms with van der Waals surface area (Å²) in [5.41, 5.74) is 8.71. The standard InChI is InChI=1S/C17H25NO/c1-12-6-7-17-14(8-12)9-16(19-17)10-15(11-18)13-4-2-3-5-13/h6-8,13,15-16H,2-5,9-11,18H2,1H3. The Balaban J connectivity index is 1.62. The summed E-state index contributed by atoms with van der Waals surface area (Å²) in [6, 6.07) is 6.53. The molecule has 2 nitrogen and oxygen atoms in total. The van der Waals surface area contributed by atoms with Crippen molar-refractivity contribution in [3.05, 3.63) is 29.3 Å². The van der Waals surface area contributed by atoms with Gasteiger partial charge in [-0.1, -0.05) is 43.4 Å². The third kappa shape index (κ3) is 2.79. The van der Waals surface area contributed by atoms with Gasteiger partial charge in [-0.05, 0) is 43.4 Å². The Morgan fingerprint density at radius 1 is 1.32 bits per heavy atom. The lowest BCUT2D eigenvalue weighted by Crippen LogP contribution is -2.28. The van der Waals surface area contributed by atoms with E-state index in [0.29, 0.717) is 12.0 Å². The van der Waals surface area contributed by atoms with Gasteiger partial charge in [0.15, 0.2) is 0 Å². The highest BCUT2D eigenvalue weighted by Gasteiger charge is 2.30. The van der Waals surface area contributed by atoms with Crippen LogP contribution in [0.25, 0.3) is 0 Å². The Hall–Kier alpha value is -1.02. The van der Waals surface area contributed by atoms with Crippen molar-refractivity contribution in [2.24, 2.45) is 17.6 Å². The van der Waals surface area contributed by atoms with Gasteiger partial charge in [-0.3, -0.25) is 0 Å². The molecule has 0 saturated heterocycles. The lowest BCUT2D eigenvalue weighted by molar-refractivity contribution is 0.170. The highest BCUT2D eigenvalue weighted by Crippen LogP contribution is 2.37. The molecule has 2 unspecified atom stereocenters. The molecule has 1 heterocycles. The van der Waals surface area contributed by atoms with E-state index in [2.05, 4.69) is 25.1 Å². The van der Waals surface area contributed by atoms with E-state index < -0.39 is 0 Å². The van der Waals surface area contributed by atoms with Crippen LogP contribution in [-0.2, 0) is 6.42 Å². The van der Waals surface area contributed by atoms with Crippen LogP contribution in [0.4, 0.5) is 0 Å². The maximum atomic E-state index is 6.10. The smallest absolute Gasteiger partial charge is 0.123 e. The number of ether oxygens (including phenoxy) is 1. The summed E-state index contributed by atoms with van der Waals surface area (Å²) in [5, 5.41) is 0. The number of fused-ring (bicyclic) bond motifs is 1. The van der Waals surface area contributed by atoms with Gasteiger partial charge < -0.3 is 10.5 Å². The third-order valence-corrected chi connectivity index (χ3v) is 4.89. The van der Waals surface area contributed by atoms with Gasteiger partial charge in [0.1, 0.15) is 11.9 Å². The van der Waals surface area contributed by atoms with Crippen LogP contribution in [0.3, 0.4) is 0 Å². The molecule has 0 bridgehead atoms. The Labute approximate surface area is 116 Å². The SMILES string of the molecule is Cc1ccc2c(c1)CC(CC(CN)C1CCCC1)O2. The molecule has 1 fully saturated rings. The van der Waals surface area contributed by atoms with Crippen molar-refractivity contribution in [1.82, 2.24) is 0 Å². The highest BCUT2D eigenvalue weighted by molar-refractivity contribution is 5.40. The van der Waals surface area contributed by atoms with Crippen LogP contribution in [0.5, 0.6) is 5.75 Å². The molecular formula is C17H25NO. The Morgan fingerprint density at radius 3 is 2.84 bits per heavy atom. The summed E-state index contributed by atoms with van der Waals surface area (Å²) in [7, 11) is 0. The maximum Gasteiger partial charge on any atom is 0.123 e. The number of hydrogen-bond donors (Lipinski definition) is 1. The predicted molar refractivity (Wildman–Crippen MR) is 78.4 cm³/mol. The zero-order valence-electron chi connectivity index (χ0n) is 11.9. The van der Waals surface area contributed by atoms with Crippen LogP contribution >= 0.6 is 0 Å². The van der Waals surface area contributed by atoms with Crippen LogP contribution in [0.1, 0.15) is 43.2 Å². The second-order valence-corrected chi connectivity index (χ2v) is 6.33. The molecule has 0 aromatic heterocycles. The number of benzene rings is 1. The lowest BCUT2D eigenvalue weighted by atomic mass is 9.85. The van der Waals surface area contributed by atoms with E-state index in [-0.39, 0.29) is 0 Å². The molecule has 2 aliphatic rings. The van der Waals surface area contributed by atoms with Crippen molar-refractivity contribution in [3.63, 3.8) is 0 Å². The fraction of sp³-hybridized carbons (Fsp3) is 0.647. The highest BCUT2D eigenvalue weighted by atomic mass is 16.5. The Morgan fingerprint density at radius 2 is 2.11 bits per heavy atom. The van der Waals surface area contributed by atoms with Crippen LogP contribution in [0.15, 0.2) is 18.2 Å². The monoisotopic (exact) mass is 259 g/mol. The normalized spacial score (nSPS) is 24.2. The van der Waals surface area contributed by atoms with E-state index in [9.17, 15) is 0 Å². The number of rotatable bonds is 4. The first kappa shape index (κ1) is 13.0. The summed E-state index contributed by atoms with van der Waals surface area (Å²) in [4.78, 5) is 0. The largest absolute Gasteiger partial charge is 0.490 e. The van der Waals surface area contributed by atoms with Crippen molar-refractivity contribution in [2.45, 2.75) is 51.6 Å². The molecule has 1 saturated carbocycles. The molecule has 19 heavy (non-hydrogen) atoms. The van der Waals surface area contributed by atoms with E-state index in [1.165, 1.54) is 36.8 Å². The predicted octanol–water partition coefficient (Wildman–Crippen LogP) is 3.45. The molecule has 2 N–H and O–H groups in total. The molecule has 0 spiro atoms. The van der Waals surface area contributed by atoms with Gasteiger partial charge in [-0.15, -0.1) is 0 Å². The van der Waals surface area contributed by atoms with Gasteiger partial charge >= 0.3 is 0 Å². The quantitative estimate of drug-likeness (QED) is 0.898. The van der Waals surface area contributed by atoms with Crippen molar-refractivity contribution < 1.29 is 4.74 Å². The number of aryl methyl sites for hydroxylation is 1. The van der Waals surface area contributed by atoms with Crippen LogP contribution < -0.4 is 10.5 Å². The first-order valence-corrected chi connectivity index (χ1v) is 7.72. The van der Waals surface area contributed by atoms with Crippen molar-refractivity contribution in [1.29, 1.82) is 0 Å². The second kappa shape index (κ2) is 5.54. The molecule has 0 radical (unpaired) electrons. The zero-order chi connectivity index (χ0) is 13.2. The Kier molecular flexibility index (Phi) is 3.79. The van der Waals surface area contributed by atoms with Gasteiger partial charge in [0, 0.05) is 6.42 Å². The first-order valence-electron chi connectivity index (χ1n) is 7.72. The van der Waals surface area contributed by atoms with E-state index in [0.717, 1.165) is 31.1 Å². The van der Waals surface area contributed by atoms with Crippen molar-refractivity contribution in [3.8, 4) is 5.75 Å². The molecule has 104 valence electrons. The average Bonchev–Trinajstić information content (AvgIpc) is 3.04. The van der Waals surface area contributed by atoms with Gasteiger partial charge in [0.05, 0.1) is 0 Å². The molecule has 1 aromatic carbocycles. The van der Waals surface area contributed by atoms with E-state index in [4.69, 9.17) is 10.5 Å². The lowest BCUT2D eigenvalue weighted by Gasteiger charge is -2.24. The van der Waals surface area contributed by atoms with E-state index in [1.807, 2.05) is 0 Å². The average molecular weight is 259 g/mol. The van der Waals surface area contributed by atoms with Crippen LogP contribution in [0.2, 0.25) is 0 Å². The molecular weight excluding hydrogens is 234 g/mol. The fourth-order valence-electron chi connectivity index (χ4n) is 3.83. The minimum absolute atomic E-state index is 0.353. The molecule has 2 atom stereocenters. The van der Waals surface area contributed by atoms with Crippen LogP contribution in [-0.4, -0.2) is 12.6 Å². The summed E-state index contributed by atoms with van der Waals surface area (Å²) in [5.74, 6) is 2.60. The summed E-state index contributed by atoms with van der Waals surface area (Å²) >= 11 is 0. The topological polar surface area (TPSA) is 35.2 Å². The molecule has 2 heteroatoms. The van der Waals surface area contributed by atoms with Gasteiger partial charge in [-0.25, -0.2) is 0 Å². The van der Waals surface area contributed by atoms with Crippen molar-refractivity contribution >= 4 is 0 Å². The summed E-state index contributed by atoms with van der Waals surface area (Å²) < 4.78 is 6.10. The third-order valence-electron chi connectivity index (χ3n) is 4.89. The van der Waals surface area contributed by atoms with Gasteiger partial charge in [-0.2, -0.15) is 0 Å². The number of hydrogen-bond acceptors (Lipinski definition) is 2. The molecule has 1 aromatic rings. The van der Waals surface area contributed by atoms with Gasteiger partial charge in [0.25, 0.3) is 0 Å². The maximum absolute atomic E-state index is 6.10. The Bertz CT molecular complexity index is 437. The zero-order valence-corrected chi connectivity index (χ0v) is 11.9. The molecule has 0 amide bonds. The molecule has 1 aliphatic carbocycles. The first-order chi connectivity index (χ1) is 9.26. The van der Waals surface area contributed by atoms with Crippen LogP contribution in [0, 0.1) is 18.8 Å². The molecule has 3 rings (SSSR count).